The summed E-state index contributed by atoms with van der Waals surface area (Å²) in [4.78, 5) is 0.349. The van der Waals surface area contributed by atoms with Crippen LogP contribution in [0.15, 0.2) is 95.9 Å². The van der Waals surface area contributed by atoms with Gasteiger partial charge in [-0.25, -0.2) is 8.42 Å². The molecule has 0 heterocycles. The maximum absolute atomic E-state index is 13.8. The van der Waals surface area contributed by atoms with E-state index in [2.05, 4.69) is 18.2 Å². The molecule has 1 aliphatic rings. The second-order valence-electron chi connectivity index (χ2n) is 7.82. The fourth-order valence-corrected chi connectivity index (χ4v) is 5.70. The van der Waals surface area contributed by atoms with Gasteiger partial charge in [0.2, 0.25) is 10.0 Å². The van der Waals surface area contributed by atoms with Gasteiger partial charge in [-0.1, -0.05) is 84.4 Å². The molecule has 0 N–H and O–H groups in total. The van der Waals surface area contributed by atoms with Crippen molar-refractivity contribution in [2.24, 2.45) is 0 Å². The lowest BCUT2D eigenvalue weighted by molar-refractivity contribution is 0.339. The molecular formula is C26H27NO2S. The first-order chi connectivity index (χ1) is 14.6. The monoisotopic (exact) mass is 417 g/mol. The zero-order valence-electron chi connectivity index (χ0n) is 17.2. The molecule has 3 aromatic rings. The minimum Gasteiger partial charge on any atom is -0.207 e. The third kappa shape index (κ3) is 4.40. The Bertz CT molecular complexity index is 1100. The quantitative estimate of drug-likeness (QED) is 0.507. The largest absolute Gasteiger partial charge is 0.243 e. The molecule has 4 heteroatoms. The topological polar surface area (TPSA) is 37.4 Å². The Kier molecular flexibility index (Phi) is 6.16. The first-order valence-corrected chi connectivity index (χ1v) is 11.9. The summed E-state index contributed by atoms with van der Waals surface area (Å²) in [5.74, 6) is 0. The number of sulfonamides is 1. The molecule has 1 unspecified atom stereocenters. The zero-order chi connectivity index (χ0) is 21.0. The van der Waals surface area contributed by atoms with Crippen LogP contribution < -0.4 is 0 Å². The Balaban J connectivity index is 1.79. The molecule has 0 radical (unpaired) electrons. The van der Waals surface area contributed by atoms with Gasteiger partial charge >= 0.3 is 0 Å². The standard InChI is InChI=1S/C26H27NO2S/c1-21-16-18-24(19-17-21)30(28,29)27(20-22-10-4-2-5-11-22)26-15-9-8-14-25(26)23-12-6-3-7-13-23/h2-7,10-14,16-19,26H,8-9,15,20H2,1H3. The highest BCUT2D eigenvalue weighted by molar-refractivity contribution is 7.89. The SMILES string of the molecule is Cc1ccc(S(=O)(=O)N(Cc2ccccc2)C2CCCC=C2c2ccccc2)cc1. The molecule has 3 aromatic carbocycles. The van der Waals surface area contributed by atoms with E-state index in [0.717, 1.165) is 41.5 Å². The van der Waals surface area contributed by atoms with Crippen molar-refractivity contribution in [1.29, 1.82) is 0 Å². The first kappa shape index (κ1) is 20.6. The van der Waals surface area contributed by atoms with E-state index in [9.17, 15) is 8.42 Å². The van der Waals surface area contributed by atoms with E-state index in [-0.39, 0.29) is 6.04 Å². The van der Waals surface area contributed by atoms with Crippen molar-refractivity contribution in [2.75, 3.05) is 0 Å². The average molecular weight is 418 g/mol. The van der Waals surface area contributed by atoms with Gasteiger partial charge in [0.05, 0.1) is 10.9 Å². The van der Waals surface area contributed by atoms with Gasteiger partial charge in [-0.3, -0.25) is 0 Å². The minimum atomic E-state index is -3.66. The maximum Gasteiger partial charge on any atom is 0.243 e. The van der Waals surface area contributed by atoms with Gasteiger partial charge in [0.15, 0.2) is 0 Å². The maximum atomic E-state index is 13.8. The second-order valence-corrected chi connectivity index (χ2v) is 9.71. The Hall–Kier alpha value is -2.69. The molecule has 3 nitrogen and oxygen atoms in total. The summed E-state index contributed by atoms with van der Waals surface area (Å²) in [5, 5.41) is 0. The molecule has 0 saturated carbocycles. The molecule has 4 rings (SSSR count). The van der Waals surface area contributed by atoms with Gasteiger partial charge < -0.3 is 0 Å². The minimum absolute atomic E-state index is 0.187. The number of nitrogens with zero attached hydrogens (tertiary/aromatic N) is 1. The Morgan fingerprint density at radius 2 is 1.50 bits per heavy atom. The highest BCUT2D eigenvalue weighted by Crippen LogP contribution is 2.35. The molecule has 0 amide bonds. The van der Waals surface area contributed by atoms with Crippen molar-refractivity contribution in [3.05, 3.63) is 108 Å². The lowest BCUT2D eigenvalue weighted by Gasteiger charge is -2.35. The second kappa shape index (κ2) is 8.99. The number of aryl methyl sites for hydroxylation is 1. The summed E-state index contributed by atoms with van der Waals surface area (Å²) in [6.07, 6.45) is 4.99. The molecule has 0 saturated heterocycles. The van der Waals surface area contributed by atoms with E-state index in [1.54, 1.807) is 16.4 Å². The van der Waals surface area contributed by atoms with Crippen LogP contribution in [0.1, 0.15) is 36.0 Å². The van der Waals surface area contributed by atoms with Crippen LogP contribution in [0.2, 0.25) is 0 Å². The van der Waals surface area contributed by atoms with E-state index in [1.165, 1.54) is 0 Å². The Morgan fingerprint density at radius 3 is 2.17 bits per heavy atom. The Labute approximate surface area is 179 Å². The third-order valence-electron chi connectivity index (χ3n) is 5.67. The van der Waals surface area contributed by atoms with Gasteiger partial charge in [-0.05, 0) is 55.0 Å². The van der Waals surface area contributed by atoms with Gasteiger partial charge in [-0.15, -0.1) is 0 Å². The molecule has 0 fully saturated rings. The van der Waals surface area contributed by atoms with Crippen molar-refractivity contribution in [1.82, 2.24) is 4.31 Å². The van der Waals surface area contributed by atoms with Crippen LogP contribution in [0, 0.1) is 6.92 Å². The highest BCUT2D eigenvalue weighted by atomic mass is 32.2. The van der Waals surface area contributed by atoms with Gasteiger partial charge in [-0.2, -0.15) is 4.31 Å². The molecule has 0 spiro atoms. The third-order valence-corrected chi connectivity index (χ3v) is 7.54. The predicted octanol–water partition coefficient (Wildman–Crippen LogP) is 5.82. The van der Waals surface area contributed by atoms with Gasteiger partial charge in [0, 0.05) is 6.54 Å². The fraction of sp³-hybridized carbons (Fsp3) is 0.231. The van der Waals surface area contributed by atoms with Crippen LogP contribution in [0.5, 0.6) is 0 Å². The average Bonchev–Trinajstić information content (AvgIpc) is 2.79. The van der Waals surface area contributed by atoms with Crippen molar-refractivity contribution in [2.45, 2.75) is 43.7 Å². The molecule has 30 heavy (non-hydrogen) atoms. The number of benzene rings is 3. The summed E-state index contributed by atoms with van der Waals surface area (Å²) >= 11 is 0. The van der Waals surface area contributed by atoms with E-state index in [1.807, 2.05) is 67.6 Å². The zero-order valence-corrected chi connectivity index (χ0v) is 18.1. The van der Waals surface area contributed by atoms with Crippen LogP contribution in [-0.2, 0) is 16.6 Å². The molecular weight excluding hydrogens is 390 g/mol. The van der Waals surface area contributed by atoms with Crippen LogP contribution in [0.25, 0.3) is 5.57 Å². The van der Waals surface area contributed by atoms with Crippen LogP contribution >= 0.6 is 0 Å². The fourth-order valence-electron chi connectivity index (χ4n) is 4.07. The molecule has 0 aliphatic heterocycles. The van der Waals surface area contributed by atoms with Crippen LogP contribution in [0.3, 0.4) is 0 Å². The van der Waals surface area contributed by atoms with Crippen LogP contribution in [-0.4, -0.2) is 18.8 Å². The molecule has 0 bridgehead atoms. The van der Waals surface area contributed by atoms with Crippen LogP contribution in [0.4, 0.5) is 0 Å². The molecule has 1 atom stereocenters. The lowest BCUT2D eigenvalue weighted by Crippen LogP contribution is -2.41. The number of rotatable bonds is 6. The van der Waals surface area contributed by atoms with E-state index < -0.39 is 10.0 Å². The van der Waals surface area contributed by atoms with E-state index in [4.69, 9.17) is 0 Å². The van der Waals surface area contributed by atoms with Gasteiger partial charge in [0.25, 0.3) is 0 Å². The van der Waals surface area contributed by atoms with Crippen molar-refractivity contribution in [3.63, 3.8) is 0 Å². The summed E-state index contributed by atoms with van der Waals surface area (Å²) < 4.78 is 29.3. The molecule has 1 aliphatic carbocycles. The smallest absolute Gasteiger partial charge is 0.207 e. The molecule has 154 valence electrons. The lowest BCUT2D eigenvalue weighted by atomic mass is 9.89. The first-order valence-electron chi connectivity index (χ1n) is 10.4. The van der Waals surface area contributed by atoms with Gasteiger partial charge in [0.1, 0.15) is 0 Å². The highest BCUT2D eigenvalue weighted by Gasteiger charge is 2.35. The summed E-state index contributed by atoms with van der Waals surface area (Å²) in [7, 11) is -3.66. The molecule has 0 aromatic heterocycles. The number of hydrogen-bond donors (Lipinski definition) is 0. The number of hydrogen-bond acceptors (Lipinski definition) is 2. The van der Waals surface area contributed by atoms with E-state index >= 15 is 0 Å². The van der Waals surface area contributed by atoms with Crippen molar-refractivity contribution in [3.8, 4) is 0 Å². The summed E-state index contributed by atoms with van der Waals surface area (Å²) in [5.41, 5.74) is 4.24. The van der Waals surface area contributed by atoms with Crippen molar-refractivity contribution < 1.29 is 8.42 Å². The van der Waals surface area contributed by atoms with Crippen molar-refractivity contribution >= 4 is 15.6 Å². The normalized spacial score (nSPS) is 17.0. The predicted molar refractivity (Wildman–Crippen MR) is 122 cm³/mol. The summed E-state index contributed by atoms with van der Waals surface area (Å²) in [6, 6.07) is 27.0. The van der Waals surface area contributed by atoms with E-state index in [0.29, 0.717) is 11.4 Å². The Morgan fingerprint density at radius 1 is 0.867 bits per heavy atom. The summed E-state index contributed by atoms with van der Waals surface area (Å²) in [6.45, 7) is 2.32. The number of allylic oxidation sites excluding steroid dienone is 1.